The molecule has 0 N–H and O–H groups in total. The predicted octanol–water partition coefficient (Wildman–Crippen LogP) is 1.88. The Balaban J connectivity index is 1.81. The van der Waals surface area contributed by atoms with Gasteiger partial charge in [0.1, 0.15) is 0 Å². The number of aromatic nitrogens is 2. The monoisotopic (exact) mass is 293 g/mol. The minimum Gasteiger partial charge on any atom is -0.469 e. The van der Waals surface area contributed by atoms with Crippen LogP contribution in [0.4, 0.5) is 0 Å². The Morgan fingerprint density at radius 1 is 1.55 bits per heavy atom. The Hall–Kier alpha value is -1.40. The number of ether oxygens (including phenoxy) is 1. The van der Waals surface area contributed by atoms with E-state index in [1.807, 2.05) is 0 Å². The molecule has 0 saturated carbocycles. The third-order valence-corrected chi connectivity index (χ3v) is 4.68. The molecule has 20 heavy (non-hydrogen) atoms. The van der Waals surface area contributed by atoms with Gasteiger partial charge in [0.15, 0.2) is 4.96 Å². The minimum atomic E-state index is -0.135. The third kappa shape index (κ3) is 2.45. The molecule has 0 fully saturated rings. The van der Waals surface area contributed by atoms with E-state index in [1.165, 1.54) is 24.2 Å². The molecule has 2 aromatic heterocycles. The molecule has 0 aliphatic carbocycles. The van der Waals surface area contributed by atoms with E-state index in [2.05, 4.69) is 26.5 Å². The van der Waals surface area contributed by atoms with Crippen LogP contribution in [0.1, 0.15) is 29.9 Å². The Kier molecular flexibility index (Phi) is 3.76. The lowest BCUT2D eigenvalue weighted by Gasteiger charge is -2.22. The molecule has 0 bridgehead atoms. The van der Waals surface area contributed by atoms with E-state index in [1.54, 1.807) is 11.3 Å². The first-order valence-corrected chi connectivity index (χ1v) is 7.79. The molecular weight excluding hydrogens is 274 g/mol. The molecule has 1 aliphatic rings. The van der Waals surface area contributed by atoms with Crippen LogP contribution < -0.4 is 0 Å². The number of nitrogens with zero attached hydrogens (tertiary/aromatic N) is 3. The van der Waals surface area contributed by atoms with Crippen molar-refractivity contribution in [2.45, 2.75) is 32.2 Å². The number of hydrogen-bond donors (Lipinski definition) is 0. The number of imidazole rings is 1. The Bertz CT molecular complexity index is 632. The summed E-state index contributed by atoms with van der Waals surface area (Å²) >= 11 is 1.69. The molecule has 6 heteroatoms. The summed E-state index contributed by atoms with van der Waals surface area (Å²) in [4.78, 5) is 19.3. The summed E-state index contributed by atoms with van der Waals surface area (Å²) in [5.74, 6) is -0.135. The van der Waals surface area contributed by atoms with Crippen LogP contribution >= 0.6 is 11.3 Å². The maximum atomic E-state index is 11.2. The molecule has 0 spiro atoms. The lowest BCUT2D eigenvalue weighted by Crippen LogP contribution is -2.27. The normalized spacial score (nSPS) is 15.5. The number of hydrogen-bond acceptors (Lipinski definition) is 5. The Morgan fingerprint density at radius 3 is 3.20 bits per heavy atom. The number of esters is 1. The first-order valence-electron chi connectivity index (χ1n) is 6.91. The summed E-state index contributed by atoms with van der Waals surface area (Å²) in [6, 6.07) is 0. The number of aryl methyl sites for hydroxylation is 1. The number of thiazole rings is 1. The standard InChI is InChI=1S/C14H19N3O2S/c1-16-7-6-11-12(8-16)17-10(9-20-14(17)15-11)4-3-5-13(18)19-2/h9H,3-8H2,1-2H3. The van der Waals surface area contributed by atoms with Crippen LogP contribution in [-0.2, 0) is 28.9 Å². The molecule has 0 aromatic carbocycles. The fourth-order valence-corrected chi connectivity index (χ4v) is 3.66. The zero-order valence-corrected chi connectivity index (χ0v) is 12.7. The Labute approximate surface area is 122 Å². The van der Waals surface area contributed by atoms with Gasteiger partial charge >= 0.3 is 5.97 Å². The van der Waals surface area contributed by atoms with Crippen molar-refractivity contribution >= 4 is 22.3 Å². The average molecular weight is 293 g/mol. The second kappa shape index (κ2) is 5.54. The summed E-state index contributed by atoms with van der Waals surface area (Å²) in [7, 11) is 3.58. The highest BCUT2D eigenvalue weighted by atomic mass is 32.1. The predicted molar refractivity (Wildman–Crippen MR) is 78.1 cm³/mol. The van der Waals surface area contributed by atoms with E-state index >= 15 is 0 Å². The van der Waals surface area contributed by atoms with Gasteiger partial charge in [-0.3, -0.25) is 9.20 Å². The second-order valence-electron chi connectivity index (χ2n) is 5.27. The van der Waals surface area contributed by atoms with Crippen molar-refractivity contribution in [3.05, 3.63) is 22.5 Å². The van der Waals surface area contributed by atoms with Crippen molar-refractivity contribution in [1.29, 1.82) is 0 Å². The average Bonchev–Trinajstić information content (AvgIpc) is 2.98. The quantitative estimate of drug-likeness (QED) is 0.808. The summed E-state index contributed by atoms with van der Waals surface area (Å²) in [5.41, 5.74) is 3.82. The number of rotatable bonds is 4. The molecule has 3 rings (SSSR count). The maximum Gasteiger partial charge on any atom is 0.305 e. The van der Waals surface area contributed by atoms with Gasteiger partial charge < -0.3 is 9.64 Å². The fourth-order valence-electron chi connectivity index (χ4n) is 2.70. The lowest BCUT2D eigenvalue weighted by atomic mass is 10.1. The van der Waals surface area contributed by atoms with Crippen molar-refractivity contribution in [1.82, 2.24) is 14.3 Å². The van der Waals surface area contributed by atoms with E-state index in [4.69, 9.17) is 4.98 Å². The number of likely N-dealkylation sites (N-methyl/N-ethyl adjacent to an activating group) is 1. The van der Waals surface area contributed by atoms with Crippen molar-refractivity contribution in [2.24, 2.45) is 0 Å². The fraction of sp³-hybridized carbons (Fsp3) is 0.571. The number of carbonyl (C=O) groups is 1. The van der Waals surface area contributed by atoms with Crippen molar-refractivity contribution in [3.63, 3.8) is 0 Å². The van der Waals surface area contributed by atoms with Crippen molar-refractivity contribution in [2.75, 3.05) is 20.7 Å². The van der Waals surface area contributed by atoms with E-state index < -0.39 is 0 Å². The molecule has 0 saturated heterocycles. The van der Waals surface area contributed by atoms with Gasteiger partial charge in [-0.2, -0.15) is 0 Å². The highest BCUT2D eigenvalue weighted by Crippen LogP contribution is 2.26. The topological polar surface area (TPSA) is 46.8 Å². The molecule has 5 nitrogen and oxygen atoms in total. The van der Waals surface area contributed by atoms with E-state index in [-0.39, 0.29) is 5.97 Å². The summed E-state index contributed by atoms with van der Waals surface area (Å²) in [5, 5.41) is 2.16. The molecule has 0 atom stereocenters. The summed E-state index contributed by atoms with van der Waals surface area (Å²) in [6.45, 7) is 2.03. The molecule has 1 aliphatic heterocycles. The van der Waals surface area contributed by atoms with Gasteiger partial charge in [0.25, 0.3) is 0 Å². The molecule has 108 valence electrons. The molecule has 0 amide bonds. The molecule has 0 unspecified atom stereocenters. The SMILES string of the molecule is COC(=O)CCCc1csc2nc3c(n12)CN(C)CC3. The highest BCUT2D eigenvalue weighted by molar-refractivity contribution is 7.15. The van der Waals surface area contributed by atoms with Crippen LogP contribution in [0, 0.1) is 0 Å². The van der Waals surface area contributed by atoms with Gasteiger partial charge in [0.05, 0.1) is 18.5 Å². The van der Waals surface area contributed by atoms with Crippen molar-refractivity contribution < 1.29 is 9.53 Å². The van der Waals surface area contributed by atoms with E-state index in [0.29, 0.717) is 6.42 Å². The smallest absolute Gasteiger partial charge is 0.305 e. The Morgan fingerprint density at radius 2 is 2.40 bits per heavy atom. The largest absolute Gasteiger partial charge is 0.469 e. The van der Waals surface area contributed by atoms with Gasteiger partial charge in [-0.1, -0.05) is 0 Å². The van der Waals surface area contributed by atoms with Crippen LogP contribution in [0.3, 0.4) is 0 Å². The van der Waals surface area contributed by atoms with E-state index in [0.717, 1.165) is 37.3 Å². The number of methoxy groups -OCH3 is 1. The molecule has 2 aromatic rings. The van der Waals surface area contributed by atoms with Crippen LogP contribution in [0.5, 0.6) is 0 Å². The summed E-state index contributed by atoms with van der Waals surface area (Å²) in [6.07, 6.45) is 3.22. The first kappa shape index (κ1) is 13.6. The zero-order valence-electron chi connectivity index (χ0n) is 11.9. The molecule has 0 radical (unpaired) electrons. The third-order valence-electron chi connectivity index (χ3n) is 3.80. The van der Waals surface area contributed by atoms with Gasteiger partial charge in [0, 0.05) is 37.0 Å². The van der Waals surface area contributed by atoms with Crippen LogP contribution in [0.25, 0.3) is 4.96 Å². The van der Waals surface area contributed by atoms with Crippen LogP contribution in [-0.4, -0.2) is 41.0 Å². The van der Waals surface area contributed by atoms with Crippen molar-refractivity contribution in [3.8, 4) is 0 Å². The maximum absolute atomic E-state index is 11.2. The van der Waals surface area contributed by atoms with Gasteiger partial charge in [-0.05, 0) is 19.9 Å². The number of carbonyl (C=O) groups excluding carboxylic acids is 1. The first-order chi connectivity index (χ1) is 9.69. The van der Waals surface area contributed by atoms with Gasteiger partial charge in [-0.25, -0.2) is 4.98 Å². The van der Waals surface area contributed by atoms with Crippen LogP contribution in [0.15, 0.2) is 5.38 Å². The van der Waals surface area contributed by atoms with E-state index in [9.17, 15) is 4.79 Å². The lowest BCUT2D eigenvalue weighted by molar-refractivity contribution is -0.140. The molecular formula is C14H19N3O2S. The zero-order chi connectivity index (χ0) is 14.1. The highest BCUT2D eigenvalue weighted by Gasteiger charge is 2.21. The van der Waals surface area contributed by atoms with Gasteiger partial charge in [-0.15, -0.1) is 11.3 Å². The van der Waals surface area contributed by atoms with Crippen LogP contribution in [0.2, 0.25) is 0 Å². The van der Waals surface area contributed by atoms with Gasteiger partial charge in [0.2, 0.25) is 0 Å². The second-order valence-corrected chi connectivity index (χ2v) is 6.10. The molecule has 3 heterocycles. The number of fused-ring (bicyclic) bond motifs is 3. The summed E-state index contributed by atoms with van der Waals surface area (Å²) < 4.78 is 6.97. The minimum absolute atomic E-state index is 0.135.